The summed E-state index contributed by atoms with van der Waals surface area (Å²) < 4.78 is 36.1. The van der Waals surface area contributed by atoms with Gasteiger partial charge in [-0.3, -0.25) is 9.59 Å². The van der Waals surface area contributed by atoms with E-state index in [1.165, 1.54) is 23.6 Å². The van der Waals surface area contributed by atoms with Gasteiger partial charge in [0, 0.05) is 6.20 Å². The number of nitrogens with one attached hydrogen (secondary N) is 1. The number of amides is 1. The molecule has 2 aromatic heterocycles. The first kappa shape index (κ1) is 14.6. The molecular formula is C11H8F3N3O4. The summed E-state index contributed by atoms with van der Waals surface area (Å²) in [6.45, 7) is -1.68. The Labute approximate surface area is 114 Å². The second-order valence-corrected chi connectivity index (χ2v) is 4.01. The second kappa shape index (κ2) is 4.96. The molecule has 2 rings (SSSR count). The summed E-state index contributed by atoms with van der Waals surface area (Å²) in [5, 5.41) is 20.7. The number of hydrogen-bond acceptors (Lipinski definition) is 5. The zero-order valence-corrected chi connectivity index (χ0v) is 10.2. The van der Waals surface area contributed by atoms with Crippen molar-refractivity contribution in [2.24, 2.45) is 0 Å². The van der Waals surface area contributed by atoms with Crippen molar-refractivity contribution in [3.63, 3.8) is 0 Å². The monoisotopic (exact) mass is 303 g/mol. The Balaban J connectivity index is 2.54. The molecular weight excluding hydrogens is 295 g/mol. The Morgan fingerprint density at radius 2 is 2.10 bits per heavy atom. The quantitative estimate of drug-likeness (QED) is 0.706. The Morgan fingerprint density at radius 1 is 1.43 bits per heavy atom. The van der Waals surface area contributed by atoms with Crippen LogP contribution in [0.2, 0.25) is 0 Å². The predicted octanol–water partition coefficient (Wildman–Crippen LogP) is 0.631. The number of fused-ring (bicyclic) bond motifs is 1. The van der Waals surface area contributed by atoms with Crippen LogP contribution in [0.5, 0.6) is 5.75 Å². The topological polar surface area (TPSA) is 104 Å². The van der Waals surface area contributed by atoms with Gasteiger partial charge in [-0.1, -0.05) is 0 Å². The zero-order valence-electron chi connectivity index (χ0n) is 10.2. The van der Waals surface area contributed by atoms with Gasteiger partial charge in [0.1, 0.15) is 12.3 Å². The molecule has 1 amide bonds. The molecule has 0 fully saturated rings. The summed E-state index contributed by atoms with van der Waals surface area (Å²) in [5.41, 5.74) is -2.70. The van der Waals surface area contributed by atoms with Gasteiger partial charge in [0.2, 0.25) is 0 Å². The maximum Gasteiger partial charge on any atom is 0.405 e. The van der Waals surface area contributed by atoms with Crippen molar-refractivity contribution in [2.45, 2.75) is 6.18 Å². The molecule has 0 aromatic carbocycles. The fourth-order valence-corrected chi connectivity index (χ4v) is 1.66. The van der Waals surface area contributed by atoms with E-state index in [0.29, 0.717) is 0 Å². The van der Waals surface area contributed by atoms with Crippen LogP contribution in [0.1, 0.15) is 10.4 Å². The van der Waals surface area contributed by atoms with Crippen molar-refractivity contribution in [3.8, 4) is 5.75 Å². The minimum Gasteiger partial charge on any atom is -0.506 e. The fraction of sp³-hybridized carbons (Fsp3) is 0.182. The number of aromatic nitrogens is 2. The highest BCUT2D eigenvalue weighted by Crippen LogP contribution is 2.24. The highest BCUT2D eigenvalue weighted by Gasteiger charge is 2.30. The van der Waals surface area contributed by atoms with Gasteiger partial charge < -0.3 is 15.6 Å². The standard InChI is InChI=1S/C11H8F3N3O4/c12-11(13,14)4-16-9(19)6-7(18)5-2-1-3-15-8(5)17(21)10(6)20/h1-3,18,21H,4H2,(H,16,19). The number of alkyl halides is 3. The summed E-state index contributed by atoms with van der Waals surface area (Å²) in [4.78, 5) is 27.0. The highest BCUT2D eigenvalue weighted by atomic mass is 19.4. The number of hydrogen-bond donors (Lipinski definition) is 3. The van der Waals surface area contributed by atoms with Gasteiger partial charge in [-0.15, -0.1) is 4.73 Å². The third kappa shape index (κ3) is 2.73. The van der Waals surface area contributed by atoms with Crippen molar-refractivity contribution in [1.29, 1.82) is 0 Å². The van der Waals surface area contributed by atoms with Crippen molar-refractivity contribution in [2.75, 3.05) is 6.54 Å². The molecule has 112 valence electrons. The van der Waals surface area contributed by atoms with E-state index in [0.717, 1.165) is 0 Å². The van der Waals surface area contributed by atoms with Crippen LogP contribution in [0.15, 0.2) is 23.1 Å². The number of pyridine rings is 2. The summed E-state index contributed by atoms with van der Waals surface area (Å²) in [6.07, 6.45) is -3.46. The molecule has 0 saturated carbocycles. The van der Waals surface area contributed by atoms with E-state index in [9.17, 15) is 33.1 Å². The minimum atomic E-state index is -4.68. The third-order valence-electron chi connectivity index (χ3n) is 2.56. The van der Waals surface area contributed by atoms with Crippen LogP contribution in [0.25, 0.3) is 11.0 Å². The normalized spacial score (nSPS) is 11.6. The molecule has 21 heavy (non-hydrogen) atoms. The number of nitrogens with zero attached hydrogens (tertiary/aromatic N) is 2. The van der Waals surface area contributed by atoms with Gasteiger partial charge in [0.15, 0.2) is 11.2 Å². The molecule has 10 heteroatoms. The first-order valence-corrected chi connectivity index (χ1v) is 5.49. The molecule has 0 atom stereocenters. The fourth-order valence-electron chi connectivity index (χ4n) is 1.66. The summed E-state index contributed by atoms with van der Waals surface area (Å²) >= 11 is 0. The lowest BCUT2D eigenvalue weighted by molar-refractivity contribution is -0.123. The predicted molar refractivity (Wildman–Crippen MR) is 63.2 cm³/mol. The molecule has 0 spiro atoms. The third-order valence-corrected chi connectivity index (χ3v) is 2.56. The van der Waals surface area contributed by atoms with E-state index in [4.69, 9.17) is 0 Å². The van der Waals surface area contributed by atoms with Crippen LogP contribution in [-0.4, -0.2) is 38.7 Å². The molecule has 0 aliphatic heterocycles. The Hall–Kier alpha value is -2.78. The van der Waals surface area contributed by atoms with Crippen LogP contribution in [-0.2, 0) is 0 Å². The first-order chi connectivity index (χ1) is 9.72. The zero-order chi connectivity index (χ0) is 15.8. The van der Waals surface area contributed by atoms with Crippen molar-refractivity contribution in [1.82, 2.24) is 15.0 Å². The molecule has 0 unspecified atom stereocenters. The maximum atomic E-state index is 12.0. The average molecular weight is 303 g/mol. The van der Waals surface area contributed by atoms with Crippen molar-refractivity contribution < 1.29 is 28.3 Å². The lowest BCUT2D eigenvalue weighted by Crippen LogP contribution is -2.38. The van der Waals surface area contributed by atoms with Gasteiger partial charge in [0.25, 0.3) is 5.91 Å². The number of aromatic hydroxyl groups is 1. The number of carbonyl (C=O) groups excluding carboxylic acids is 1. The van der Waals surface area contributed by atoms with Gasteiger partial charge in [-0.2, -0.15) is 13.2 Å². The lowest BCUT2D eigenvalue weighted by atomic mass is 10.1. The van der Waals surface area contributed by atoms with E-state index < -0.39 is 35.5 Å². The molecule has 0 aliphatic rings. The Bertz CT molecular complexity index is 770. The molecule has 0 bridgehead atoms. The number of halogens is 3. The van der Waals surface area contributed by atoms with Crippen molar-refractivity contribution >= 4 is 16.9 Å². The van der Waals surface area contributed by atoms with Gasteiger partial charge >= 0.3 is 11.7 Å². The Morgan fingerprint density at radius 3 is 2.71 bits per heavy atom. The molecule has 7 nitrogen and oxygen atoms in total. The molecule has 0 radical (unpaired) electrons. The summed E-state index contributed by atoms with van der Waals surface area (Å²) in [6, 6.07) is 2.59. The van der Waals surface area contributed by atoms with Crippen LogP contribution in [0, 0.1) is 0 Å². The first-order valence-electron chi connectivity index (χ1n) is 5.49. The Kier molecular flexibility index (Phi) is 3.45. The van der Waals surface area contributed by atoms with E-state index >= 15 is 0 Å². The second-order valence-electron chi connectivity index (χ2n) is 4.01. The molecule has 2 heterocycles. The van der Waals surface area contributed by atoms with Crippen LogP contribution in [0.3, 0.4) is 0 Å². The average Bonchev–Trinajstić information content (AvgIpc) is 2.42. The minimum absolute atomic E-state index is 0.0163. The number of rotatable bonds is 2. The summed E-state index contributed by atoms with van der Waals surface area (Å²) in [5.74, 6) is -2.31. The van der Waals surface area contributed by atoms with Crippen molar-refractivity contribution in [3.05, 3.63) is 34.2 Å². The highest BCUT2D eigenvalue weighted by molar-refractivity contribution is 6.01. The number of carbonyl (C=O) groups is 1. The van der Waals surface area contributed by atoms with Gasteiger partial charge in [0.05, 0.1) is 5.39 Å². The summed E-state index contributed by atoms with van der Waals surface area (Å²) in [7, 11) is 0. The SMILES string of the molecule is O=C(NCC(F)(F)F)c1c(O)c2cccnc2n(O)c1=O. The lowest BCUT2D eigenvalue weighted by Gasteiger charge is -2.11. The largest absolute Gasteiger partial charge is 0.506 e. The molecule has 3 N–H and O–H groups in total. The van der Waals surface area contributed by atoms with Crippen LogP contribution >= 0.6 is 0 Å². The van der Waals surface area contributed by atoms with Gasteiger partial charge in [-0.25, -0.2) is 4.98 Å². The maximum absolute atomic E-state index is 12.0. The molecule has 2 aromatic rings. The molecule has 0 aliphatic carbocycles. The van der Waals surface area contributed by atoms with E-state index in [1.807, 2.05) is 0 Å². The van der Waals surface area contributed by atoms with Crippen LogP contribution in [0.4, 0.5) is 13.2 Å². The van der Waals surface area contributed by atoms with Crippen LogP contribution < -0.4 is 10.9 Å². The molecule has 0 saturated heterocycles. The van der Waals surface area contributed by atoms with Gasteiger partial charge in [-0.05, 0) is 12.1 Å². The smallest absolute Gasteiger partial charge is 0.405 e. The van der Waals surface area contributed by atoms with E-state index in [2.05, 4.69) is 4.98 Å². The van der Waals surface area contributed by atoms with E-state index in [1.54, 1.807) is 0 Å². The van der Waals surface area contributed by atoms with E-state index in [-0.39, 0.29) is 15.8 Å².